The molecule has 7 heteroatoms. The molecule has 0 aliphatic carbocycles. The maximum absolute atomic E-state index is 11.9. The van der Waals surface area contributed by atoms with Crippen LogP contribution in [0.15, 0.2) is 18.2 Å². The molecule has 0 aliphatic heterocycles. The summed E-state index contributed by atoms with van der Waals surface area (Å²) in [6, 6.07) is 4.91. The van der Waals surface area contributed by atoms with Gasteiger partial charge in [0.15, 0.2) is 0 Å². The molecule has 0 unspecified atom stereocenters. The normalized spacial score (nSPS) is 10.7. The van der Waals surface area contributed by atoms with E-state index in [4.69, 9.17) is 5.73 Å². The van der Waals surface area contributed by atoms with Crippen molar-refractivity contribution in [2.75, 3.05) is 11.1 Å². The molecule has 0 atom stereocenters. The summed E-state index contributed by atoms with van der Waals surface area (Å²) >= 11 is 1.38. The van der Waals surface area contributed by atoms with E-state index in [2.05, 4.69) is 34.3 Å². The Morgan fingerprint density at radius 1 is 1.42 bits per heavy atom. The zero-order valence-corrected chi connectivity index (χ0v) is 11.6. The van der Waals surface area contributed by atoms with Crippen LogP contribution in [0, 0.1) is 5.92 Å². The molecule has 2 aromatic heterocycles. The number of carbonyl (C=O) groups is 1. The molecule has 0 saturated heterocycles. The summed E-state index contributed by atoms with van der Waals surface area (Å²) in [5.74, 6) is 0.483. The largest absolute Gasteiger partial charge is 0.384 e. The molecular weight excluding hydrogens is 262 g/mol. The molecule has 2 heterocycles. The number of carbonyl (C=O) groups excluding carboxylic acids is 1. The summed E-state index contributed by atoms with van der Waals surface area (Å²) in [7, 11) is 0. The maximum atomic E-state index is 11.9. The van der Waals surface area contributed by atoms with E-state index in [0.717, 1.165) is 11.4 Å². The van der Waals surface area contributed by atoms with Gasteiger partial charge in [0.1, 0.15) is 16.5 Å². The Morgan fingerprint density at radius 2 is 2.21 bits per heavy atom. The number of nitrogens with one attached hydrogen (secondary N) is 1. The minimum Gasteiger partial charge on any atom is -0.384 e. The number of rotatable bonds is 4. The van der Waals surface area contributed by atoms with Gasteiger partial charge in [0.25, 0.3) is 5.91 Å². The average Bonchev–Trinajstić information content (AvgIpc) is 2.75. The fourth-order valence-corrected chi connectivity index (χ4v) is 2.42. The first kappa shape index (κ1) is 13.4. The van der Waals surface area contributed by atoms with Gasteiger partial charge in [-0.05, 0) is 18.1 Å². The topological polar surface area (TPSA) is 93.8 Å². The zero-order valence-electron chi connectivity index (χ0n) is 10.8. The Kier molecular flexibility index (Phi) is 4.06. The van der Waals surface area contributed by atoms with Crippen LogP contribution in [0.4, 0.5) is 10.9 Å². The van der Waals surface area contributed by atoms with Gasteiger partial charge >= 0.3 is 0 Å². The third kappa shape index (κ3) is 3.72. The molecule has 0 fully saturated rings. The monoisotopic (exact) mass is 277 g/mol. The predicted octanol–water partition coefficient (Wildman–Crippen LogP) is 1.97. The van der Waals surface area contributed by atoms with E-state index >= 15 is 0 Å². The van der Waals surface area contributed by atoms with Crippen LogP contribution in [0.3, 0.4) is 0 Å². The van der Waals surface area contributed by atoms with Gasteiger partial charge in [-0.2, -0.15) is 0 Å². The number of amides is 1. The van der Waals surface area contributed by atoms with Crippen LogP contribution < -0.4 is 11.1 Å². The maximum Gasteiger partial charge on any atom is 0.276 e. The Labute approximate surface area is 115 Å². The smallest absolute Gasteiger partial charge is 0.276 e. The van der Waals surface area contributed by atoms with E-state index in [1.54, 1.807) is 18.2 Å². The van der Waals surface area contributed by atoms with Crippen LogP contribution in [0.25, 0.3) is 0 Å². The SMILES string of the molecule is CC(C)Cc1nnc(NC(=O)c2cccc(N)n2)s1. The van der Waals surface area contributed by atoms with Crippen molar-refractivity contribution in [1.82, 2.24) is 15.2 Å². The molecule has 19 heavy (non-hydrogen) atoms. The summed E-state index contributed by atoms with van der Waals surface area (Å²) in [6.45, 7) is 4.21. The van der Waals surface area contributed by atoms with Gasteiger partial charge in [-0.1, -0.05) is 31.3 Å². The Hall–Kier alpha value is -2.02. The van der Waals surface area contributed by atoms with Gasteiger partial charge in [-0.3, -0.25) is 10.1 Å². The molecule has 0 bridgehead atoms. The summed E-state index contributed by atoms with van der Waals surface area (Å²) in [6.07, 6.45) is 0.851. The first-order chi connectivity index (χ1) is 9.04. The second kappa shape index (κ2) is 5.75. The lowest BCUT2D eigenvalue weighted by atomic mass is 10.1. The molecule has 2 aromatic rings. The van der Waals surface area contributed by atoms with Gasteiger partial charge in [0.05, 0.1) is 0 Å². The summed E-state index contributed by atoms with van der Waals surface area (Å²) in [5.41, 5.74) is 5.80. The number of nitrogens with two attached hydrogens (primary N) is 1. The molecule has 100 valence electrons. The third-order valence-electron chi connectivity index (χ3n) is 2.27. The molecule has 3 N–H and O–H groups in total. The van der Waals surface area contributed by atoms with E-state index in [0.29, 0.717) is 16.9 Å². The summed E-state index contributed by atoms with van der Waals surface area (Å²) in [4.78, 5) is 15.9. The first-order valence-corrected chi connectivity index (χ1v) is 6.72. The molecule has 1 amide bonds. The van der Waals surface area contributed by atoms with Crippen molar-refractivity contribution in [3.8, 4) is 0 Å². The number of anilines is 2. The number of pyridine rings is 1. The van der Waals surface area contributed by atoms with Gasteiger partial charge < -0.3 is 5.73 Å². The highest BCUT2D eigenvalue weighted by molar-refractivity contribution is 7.15. The lowest BCUT2D eigenvalue weighted by Gasteiger charge is -2.01. The molecule has 0 radical (unpaired) electrons. The standard InChI is InChI=1S/C12H15N5OS/c1-7(2)6-10-16-17-12(19-10)15-11(18)8-4-3-5-9(13)14-8/h3-5,7H,6H2,1-2H3,(H2,13,14)(H,15,17,18). The molecule has 0 saturated carbocycles. The zero-order chi connectivity index (χ0) is 13.8. The van der Waals surface area contributed by atoms with Crippen LogP contribution in [0.2, 0.25) is 0 Å². The fraction of sp³-hybridized carbons (Fsp3) is 0.333. The Bertz CT molecular complexity index is 581. The minimum atomic E-state index is -0.334. The van der Waals surface area contributed by atoms with Gasteiger partial charge in [-0.15, -0.1) is 10.2 Å². The lowest BCUT2D eigenvalue weighted by Crippen LogP contribution is -2.14. The number of hydrogen-bond donors (Lipinski definition) is 2. The molecule has 0 aliphatic rings. The summed E-state index contributed by atoms with van der Waals surface area (Å²) in [5, 5.41) is 12.0. The highest BCUT2D eigenvalue weighted by Gasteiger charge is 2.12. The van der Waals surface area contributed by atoms with Crippen molar-refractivity contribution in [3.05, 3.63) is 28.9 Å². The molecule has 0 spiro atoms. The lowest BCUT2D eigenvalue weighted by molar-refractivity contribution is 0.102. The Balaban J connectivity index is 2.05. The fourth-order valence-electron chi connectivity index (χ4n) is 1.47. The van der Waals surface area contributed by atoms with E-state index in [1.165, 1.54) is 11.3 Å². The Morgan fingerprint density at radius 3 is 2.89 bits per heavy atom. The third-order valence-corrected chi connectivity index (χ3v) is 3.13. The van der Waals surface area contributed by atoms with Crippen molar-refractivity contribution in [2.24, 2.45) is 5.92 Å². The van der Waals surface area contributed by atoms with E-state index in [-0.39, 0.29) is 11.6 Å². The van der Waals surface area contributed by atoms with Gasteiger partial charge in [0.2, 0.25) is 5.13 Å². The highest BCUT2D eigenvalue weighted by atomic mass is 32.1. The quantitative estimate of drug-likeness (QED) is 0.891. The second-order valence-electron chi connectivity index (χ2n) is 4.50. The number of nitrogens with zero attached hydrogens (tertiary/aromatic N) is 3. The van der Waals surface area contributed by atoms with E-state index < -0.39 is 0 Å². The molecule has 0 aromatic carbocycles. The number of aromatic nitrogens is 3. The minimum absolute atomic E-state index is 0.264. The molecule has 6 nitrogen and oxygen atoms in total. The predicted molar refractivity (Wildman–Crippen MR) is 75.1 cm³/mol. The van der Waals surface area contributed by atoms with Crippen molar-refractivity contribution in [1.29, 1.82) is 0 Å². The van der Waals surface area contributed by atoms with Crippen molar-refractivity contribution < 1.29 is 4.79 Å². The number of hydrogen-bond acceptors (Lipinski definition) is 6. The summed E-state index contributed by atoms with van der Waals surface area (Å²) < 4.78 is 0. The van der Waals surface area contributed by atoms with Crippen LogP contribution in [0.1, 0.15) is 29.3 Å². The van der Waals surface area contributed by atoms with Crippen LogP contribution in [-0.4, -0.2) is 21.1 Å². The van der Waals surface area contributed by atoms with Crippen LogP contribution in [-0.2, 0) is 6.42 Å². The average molecular weight is 277 g/mol. The second-order valence-corrected chi connectivity index (χ2v) is 5.56. The highest BCUT2D eigenvalue weighted by Crippen LogP contribution is 2.18. The van der Waals surface area contributed by atoms with Crippen LogP contribution in [0.5, 0.6) is 0 Å². The van der Waals surface area contributed by atoms with E-state index in [9.17, 15) is 4.79 Å². The molecular formula is C12H15N5OS. The van der Waals surface area contributed by atoms with E-state index in [1.807, 2.05) is 0 Å². The first-order valence-electron chi connectivity index (χ1n) is 5.91. The van der Waals surface area contributed by atoms with Crippen molar-refractivity contribution in [2.45, 2.75) is 20.3 Å². The van der Waals surface area contributed by atoms with Gasteiger partial charge in [-0.25, -0.2) is 4.98 Å². The van der Waals surface area contributed by atoms with Gasteiger partial charge in [0, 0.05) is 6.42 Å². The van der Waals surface area contributed by atoms with Crippen molar-refractivity contribution >= 4 is 28.2 Å². The van der Waals surface area contributed by atoms with Crippen molar-refractivity contribution in [3.63, 3.8) is 0 Å². The molecule has 2 rings (SSSR count). The number of nitrogen functional groups attached to an aromatic ring is 1. The van der Waals surface area contributed by atoms with Crippen LogP contribution >= 0.6 is 11.3 Å².